The Morgan fingerprint density at radius 1 is 1.37 bits per heavy atom. The second-order valence-electron chi connectivity index (χ2n) is 4.50. The predicted molar refractivity (Wildman–Crippen MR) is 80.3 cm³/mol. The SMILES string of the molecule is COc1ccc(Br)c(CC(N)c2cnccc2C)c1. The number of ether oxygens (including phenoxy) is 1. The molecule has 100 valence electrons. The fourth-order valence-electron chi connectivity index (χ4n) is 2.05. The summed E-state index contributed by atoms with van der Waals surface area (Å²) in [6, 6.07) is 7.83. The number of aryl methyl sites for hydroxylation is 1. The van der Waals surface area contributed by atoms with Crippen molar-refractivity contribution >= 4 is 15.9 Å². The van der Waals surface area contributed by atoms with Crippen LogP contribution in [0, 0.1) is 6.92 Å². The molecule has 2 aromatic rings. The third kappa shape index (κ3) is 3.33. The number of pyridine rings is 1. The summed E-state index contributed by atoms with van der Waals surface area (Å²) in [7, 11) is 1.66. The van der Waals surface area contributed by atoms with Gasteiger partial charge in [0.25, 0.3) is 0 Å². The highest BCUT2D eigenvalue weighted by atomic mass is 79.9. The molecule has 2 N–H and O–H groups in total. The molecule has 0 saturated heterocycles. The molecule has 0 aliphatic rings. The van der Waals surface area contributed by atoms with Crippen LogP contribution in [0.2, 0.25) is 0 Å². The van der Waals surface area contributed by atoms with Gasteiger partial charge in [0.05, 0.1) is 7.11 Å². The van der Waals surface area contributed by atoms with Crippen molar-refractivity contribution in [2.24, 2.45) is 5.73 Å². The van der Waals surface area contributed by atoms with Gasteiger partial charge in [0, 0.05) is 22.9 Å². The number of methoxy groups -OCH3 is 1. The van der Waals surface area contributed by atoms with E-state index in [2.05, 4.69) is 27.8 Å². The quantitative estimate of drug-likeness (QED) is 0.939. The Hall–Kier alpha value is -1.39. The zero-order valence-corrected chi connectivity index (χ0v) is 12.6. The lowest BCUT2D eigenvalue weighted by Gasteiger charge is -2.15. The zero-order chi connectivity index (χ0) is 13.8. The molecule has 0 amide bonds. The van der Waals surface area contributed by atoms with Crippen molar-refractivity contribution in [3.8, 4) is 5.75 Å². The summed E-state index contributed by atoms with van der Waals surface area (Å²) >= 11 is 3.55. The molecule has 0 aliphatic heterocycles. The molecular formula is C15H17BrN2O. The van der Waals surface area contributed by atoms with Gasteiger partial charge in [0.15, 0.2) is 0 Å². The molecule has 1 heterocycles. The minimum absolute atomic E-state index is 0.0721. The van der Waals surface area contributed by atoms with Crippen LogP contribution >= 0.6 is 15.9 Å². The monoisotopic (exact) mass is 320 g/mol. The molecule has 2 rings (SSSR count). The summed E-state index contributed by atoms with van der Waals surface area (Å²) in [5, 5.41) is 0. The Labute approximate surface area is 121 Å². The van der Waals surface area contributed by atoms with E-state index < -0.39 is 0 Å². The van der Waals surface area contributed by atoms with E-state index in [-0.39, 0.29) is 6.04 Å². The Bertz CT molecular complexity index is 572. The van der Waals surface area contributed by atoms with Gasteiger partial charge in [-0.2, -0.15) is 0 Å². The molecule has 0 spiro atoms. The van der Waals surface area contributed by atoms with Crippen molar-refractivity contribution in [3.63, 3.8) is 0 Å². The van der Waals surface area contributed by atoms with E-state index in [1.165, 1.54) is 5.56 Å². The van der Waals surface area contributed by atoms with Crippen molar-refractivity contribution in [3.05, 3.63) is 57.8 Å². The van der Waals surface area contributed by atoms with Crippen LogP contribution in [0.4, 0.5) is 0 Å². The first kappa shape index (κ1) is 14.0. The average molecular weight is 321 g/mol. The summed E-state index contributed by atoms with van der Waals surface area (Å²) in [5.74, 6) is 0.841. The molecule has 19 heavy (non-hydrogen) atoms. The first-order valence-electron chi connectivity index (χ1n) is 6.10. The molecule has 4 heteroatoms. The number of aromatic nitrogens is 1. The van der Waals surface area contributed by atoms with E-state index in [9.17, 15) is 0 Å². The van der Waals surface area contributed by atoms with Crippen LogP contribution in [-0.4, -0.2) is 12.1 Å². The maximum atomic E-state index is 6.29. The molecule has 1 atom stereocenters. The number of hydrogen-bond donors (Lipinski definition) is 1. The van der Waals surface area contributed by atoms with Gasteiger partial charge in [-0.3, -0.25) is 4.98 Å². The fraction of sp³-hybridized carbons (Fsp3) is 0.267. The maximum absolute atomic E-state index is 6.29. The number of nitrogens with two attached hydrogens (primary N) is 1. The third-order valence-corrected chi connectivity index (χ3v) is 3.95. The van der Waals surface area contributed by atoms with Gasteiger partial charge in [0.2, 0.25) is 0 Å². The van der Waals surface area contributed by atoms with Crippen molar-refractivity contribution < 1.29 is 4.74 Å². The minimum atomic E-state index is -0.0721. The minimum Gasteiger partial charge on any atom is -0.497 e. The highest BCUT2D eigenvalue weighted by Gasteiger charge is 2.12. The molecule has 1 unspecified atom stereocenters. The summed E-state index contributed by atoms with van der Waals surface area (Å²) in [4.78, 5) is 4.15. The van der Waals surface area contributed by atoms with E-state index in [0.717, 1.165) is 27.8 Å². The number of halogens is 1. The summed E-state index contributed by atoms with van der Waals surface area (Å²) in [5.41, 5.74) is 9.67. The van der Waals surface area contributed by atoms with Gasteiger partial charge >= 0.3 is 0 Å². The number of nitrogens with zero attached hydrogens (tertiary/aromatic N) is 1. The van der Waals surface area contributed by atoms with Gasteiger partial charge in [-0.05, 0) is 54.3 Å². The van der Waals surface area contributed by atoms with Crippen LogP contribution in [-0.2, 0) is 6.42 Å². The number of rotatable bonds is 4. The first-order valence-corrected chi connectivity index (χ1v) is 6.89. The van der Waals surface area contributed by atoms with Gasteiger partial charge in [-0.1, -0.05) is 15.9 Å². The second-order valence-corrected chi connectivity index (χ2v) is 5.35. The molecule has 1 aromatic carbocycles. The van der Waals surface area contributed by atoms with Crippen molar-refractivity contribution in [2.75, 3.05) is 7.11 Å². The van der Waals surface area contributed by atoms with E-state index >= 15 is 0 Å². The van der Waals surface area contributed by atoms with Gasteiger partial charge in [-0.25, -0.2) is 0 Å². The summed E-state index contributed by atoms with van der Waals surface area (Å²) in [6.45, 7) is 2.05. The molecule has 0 radical (unpaired) electrons. The smallest absolute Gasteiger partial charge is 0.119 e. The predicted octanol–water partition coefficient (Wildman–Crippen LogP) is 3.40. The number of hydrogen-bond acceptors (Lipinski definition) is 3. The first-order chi connectivity index (χ1) is 9.11. The van der Waals surface area contributed by atoms with Gasteiger partial charge in [0.1, 0.15) is 5.75 Å². The Morgan fingerprint density at radius 2 is 2.16 bits per heavy atom. The molecule has 3 nitrogen and oxygen atoms in total. The molecule has 0 fully saturated rings. The van der Waals surface area contributed by atoms with Gasteiger partial charge in [-0.15, -0.1) is 0 Å². The van der Waals surface area contributed by atoms with Crippen LogP contribution in [0.25, 0.3) is 0 Å². The Kier molecular flexibility index (Phi) is 4.56. The highest BCUT2D eigenvalue weighted by molar-refractivity contribution is 9.10. The Morgan fingerprint density at radius 3 is 2.84 bits per heavy atom. The van der Waals surface area contributed by atoms with Crippen LogP contribution in [0.1, 0.15) is 22.7 Å². The summed E-state index contributed by atoms with van der Waals surface area (Å²) in [6.07, 6.45) is 4.37. The summed E-state index contributed by atoms with van der Waals surface area (Å²) < 4.78 is 6.29. The topological polar surface area (TPSA) is 48.1 Å². The molecule has 0 bridgehead atoms. The zero-order valence-electron chi connectivity index (χ0n) is 11.1. The standard InChI is InChI=1S/C15H17BrN2O/c1-10-5-6-18-9-13(10)15(17)8-11-7-12(19-2)3-4-14(11)16/h3-7,9,15H,8,17H2,1-2H3. The van der Waals surface area contributed by atoms with E-state index in [1.54, 1.807) is 13.3 Å². The average Bonchev–Trinajstić information content (AvgIpc) is 2.41. The lowest BCUT2D eigenvalue weighted by molar-refractivity contribution is 0.414. The van der Waals surface area contributed by atoms with Crippen LogP contribution in [0.5, 0.6) is 5.75 Å². The molecule has 0 saturated carbocycles. The van der Waals surface area contributed by atoms with Crippen LogP contribution in [0.3, 0.4) is 0 Å². The molecular weight excluding hydrogens is 304 g/mol. The third-order valence-electron chi connectivity index (χ3n) is 3.17. The normalized spacial score (nSPS) is 12.2. The van der Waals surface area contributed by atoms with E-state index in [0.29, 0.717) is 0 Å². The lowest BCUT2D eigenvalue weighted by Crippen LogP contribution is -2.15. The fourth-order valence-corrected chi connectivity index (χ4v) is 2.45. The van der Waals surface area contributed by atoms with Crippen molar-refractivity contribution in [2.45, 2.75) is 19.4 Å². The highest BCUT2D eigenvalue weighted by Crippen LogP contribution is 2.27. The van der Waals surface area contributed by atoms with E-state index in [1.807, 2.05) is 30.5 Å². The van der Waals surface area contributed by atoms with Crippen molar-refractivity contribution in [1.29, 1.82) is 0 Å². The largest absolute Gasteiger partial charge is 0.497 e. The Balaban J connectivity index is 2.24. The van der Waals surface area contributed by atoms with Gasteiger partial charge < -0.3 is 10.5 Å². The maximum Gasteiger partial charge on any atom is 0.119 e. The number of benzene rings is 1. The molecule has 1 aromatic heterocycles. The van der Waals surface area contributed by atoms with Crippen LogP contribution in [0.15, 0.2) is 41.1 Å². The van der Waals surface area contributed by atoms with E-state index in [4.69, 9.17) is 10.5 Å². The molecule has 0 aliphatic carbocycles. The second kappa shape index (κ2) is 6.17. The lowest BCUT2D eigenvalue weighted by atomic mass is 9.98. The van der Waals surface area contributed by atoms with Crippen LogP contribution < -0.4 is 10.5 Å². The van der Waals surface area contributed by atoms with Crippen molar-refractivity contribution in [1.82, 2.24) is 4.98 Å².